The van der Waals surface area contributed by atoms with Crippen LogP contribution in [0, 0.1) is 5.82 Å². The van der Waals surface area contributed by atoms with E-state index in [9.17, 15) is 9.18 Å². The maximum absolute atomic E-state index is 13.3. The molecule has 1 aliphatic heterocycles. The fourth-order valence-electron chi connectivity index (χ4n) is 4.74. The quantitative estimate of drug-likeness (QED) is 0.468. The minimum Gasteiger partial charge on any atom is -0.295 e. The molecule has 3 atom stereocenters. The molecule has 0 bridgehead atoms. The molecule has 32 heavy (non-hydrogen) atoms. The fraction of sp³-hybridized carbons (Fsp3) is 0.321. The predicted octanol–water partition coefficient (Wildman–Crippen LogP) is 5.71. The average Bonchev–Trinajstić information content (AvgIpc) is 2.80. The number of ketones is 1. The van der Waals surface area contributed by atoms with E-state index in [1.807, 2.05) is 30.3 Å². The first-order valence-corrected chi connectivity index (χ1v) is 11.3. The van der Waals surface area contributed by atoms with Crippen molar-refractivity contribution in [3.8, 4) is 0 Å². The van der Waals surface area contributed by atoms with Gasteiger partial charge in [0.05, 0.1) is 6.04 Å². The molecule has 0 aromatic heterocycles. The molecule has 3 nitrogen and oxygen atoms in total. The lowest BCUT2D eigenvalue weighted by Gasteiger charge is -2.47. The highest BCUT2D eigenvalue weighted by Crippen LogP contribution is 2.33. The summed E-state index contributed by atoms with van der Waals surface area (Å²) >= 11 is 0. The summed E-state index contributed by atoms with van der Waals surface area (Å²) in [6.45, 7) is 8.84. The van der Waals surface area contributed by atoms with Gasteiger partial charge >= 0.3 is 0 Å². The molecule has 0 radical (unpaired) electrons. The van der Waals surface area contributed by atoms with Crippen molar-refractivity contribution in [1.29, 1.82) is 0 Å². The molecule has 1 aliphatic rings. The van der Waals surface area contributed by atoms with Gasteiger partial charge in [-0.25, -0.2) is 4.39 Å². The van der Waals surface area contributed by atoms with E-state index in [4.69, 9.17) is 0 Å². The molecule has 0 N–H and O–H groups in total. The monoisotopic (exact) mass is 430 g/mol. The van der Waals surface area contributed by atoms with Gasteiger partial charge in [0.25, 0.3) is 0 Å². The van der Waals surface area contributed by atoms with E-state index < -0.39 is 0 Å². The Balaban J connectivity index is 1.59. The summed E-state index contributed by atoms with van der Waals surface area (Å²) in [4.78, 5) is 16.8. The number of piperazine rings is 1. The fourth-order valence-corrected chi connectivity index (χ4v) is 4.74. The van der Waals surface area contributed by atoms with Crippen LogP contribution in [0.15, 0.2) is 78.9 Å². The third-order valence-electron chi connectivity index (χ3n) is 6.54. The van der Waals surface area contributed by atoms with E-state index >= 15 is 0 Å². The van der Waals surface area contributed by atoms with Gasteiger partial charge in [0.15, 0.2) is 5.78 Å². The van der Waals surface area contributed by atoms with Crippen LogP contribution in [0.2, 0.25) is 0 Å². The second-order valence-electron chi connectivity index (χ2n) is 8.94. The van der Waals surface area contributed by atoms with Gasteiger partial charge in [0, 0.05) is 37.3 Å². The van der Waals surface area contributed by atoms with E-state index in [0.29, 0.717) is 12.1 Å². The molecule has 166 valence electrons. The van der Waals surface area contributed by atoms with Gasteiger partial charge in [-0.3, -0.25) is 14.6 Å². The zero-order chi connectivity index (χ0) is 22.7. The number of hydrogen-bond donors (Lipinski definition) is 0. The molecule has 0 saturated carbocycles. The lowest BCUT2D eigenvalue weighted by molar-refractivity contribution is 0.0195. The summed E-state index contributed by atoms with van der Waals surface area (Å²) in [5, 5.41) is 0. The Bertz CT molecular complexity index is 1030. The Hall–Kier alpha value is -2.82. The molecule has 3 aromatic carbocycles. The van der Waals surface area contributed by atoms with E-state index in [0.717, 1.165) is 30.8 Å². The van der Waals surface area contributed by atoms with Crippen molar-refractivity contribution in [2.45, 2.75) is 45.4 Å². The highest BCUT2D eigenvalue weighted by molar-refractivity contribution is 5.94. The van der Waals surface area contributed by atoms with Gasteiger partial charge in [0.2, 0.25) is 0 Å². The Morgan fingerprint density at radius 2 is 1.50 bits per heavy atom. The molecule has 1 heterocycles. The summed E-state index contributed by atoms with van der Waals surface area (Å²) < 4.78 is 13.3. The van der Waals surface area contributed by atoms with Gasteiger partial charge in [-0.2, -0.15) is 0 Å². The van der Waals surface area contributed by atoms with Gasteiger partial charge in [-0.15, -0.1) is 0 Å². The van der Waals surface area contributed by atoms with Gasteiger partial charge in [-0.05, 0) is 49.6 Å². The Labute approximate surface area is 190 Å². The highest BCUT2D eigenvalue weighted by Gasteiger charge is 2.34. The van der Waals surface area contributed by atoms with Crippen LogP contribution in [-0.4, -0.2) is 40.8 Å². The third-order valence-corrected chi connectivity index (χ3v) is 6.54. The van der Waals surface area contributed by atoms with Crippen molar-refractivity contribution < 1.29 is 9.18 Å². The van der Waals surface area contributed by atoms with Crippen molar-refractivity contribution in [2.24, 2.45) is 0 Å². The molecule has 0 amide bonds. The van der Waals surface area contributed by atoms with Crippen LogP contribution < -0.4 is 0 Å². The topological polar surface area (TPSA) is 23.6 Å². The molecule has 1 unspecified atom stereocenters. The zero-order valence-corrected chi connectivity index (χ0v) is 19.0. The molecular weight excluding hydrogens is 399 g/mol. The lowest BCUT2D eigenvalue weighted by atomic mass is 9.92. The first-order valence-electron chi connectivity index (χ1n) is 11.3. The highest BCUT2D eigenvalue weighted by atomic mass is 19.1. The van der Waals surface area contributed by atoms with Crippen LogP contribution in [0.1, 0.15) is 53.9 Å². The first kappa shape index (κ1) is 22.4. The smallest absolute Gasteiger partial charge is 0.159 e. The van der Waals surface area contributed by atoms with Gasteiger partial charge in [-0.1, -0.05) is 66.7 Å². The number of hydrogen-bond acceptors (Lipinski definition) is 3. The molecule has 4 heteroatoms. The summed E-state index contributed by atoms with van der Waals surface area (Å²) in [5.74, 6) is -0.106. The number of halogens is 1. The third kappa shape index (κ3) is 4.98. The number of carbonyl (C=O) groups is 1. The Morgan fingerprint density at radius 1 is 0.875 bits per heavy atom. The number of Topliss-reactive ketones (excluding diaryl/α,β-unsaturated/α-hetero) is 1. The zero-order valence-electron chi connectivity index (χ0n) is 19.0. The van der Waals surface area contributed by atoms with E-state index in [1.165, 1.54) is 23.3 Å². The number of carbonyl (C=O) groups excluding carboxylic acids is 1. The van der Waals surface area contributed by atoms with Gasteiger partial charge < -0.3 is 0 Å². The molecule has 1 saturated heterocycles. The maximum Gasteiger partial charge on any atom is 0.159 e. The lowest BCUT2D eigenvalue weighted by Crippen LogP contribution is -2.56. The standard InChI is InChI=1S/C28H31FN2O/c1-20-18-31(21(2)17-30(20)19-23-9-15-27(29)16-10-23)28(25-7-5-4-6-8-25)26-13-11-24(12-14-26)22(3)32/h4-16,20-21,28H,17-19H2,1-3H3/t20-,21+,28?/m1/s1. The number of rotatable bonds is 6. The van der Waals surface area contributed by atoms with Crippen LogP contribution in [0.5, 0.6) is 0 Å². The molecular formula is C28H31FN2O. The van der Waals surface area contributed by atoms with Crippen LogP contribution in [0.3, 0.4) is 0 Å². The van der Waals surface area contributed by atoms with Gasteiger partial charge in [0.1, 0.15) is 5.82 Å². The minimum absolute atomic E-state index is 0.0872. The van der Waals surface area contributed by atoms with Crippen LogP contribution >= 0.6 is 0 Å². The van der Waals surface area contributed by atoms with Crippen LogP contribution in [0.25, 0.3) is 0 Å². The Morgan fingerprint density at radius 3 is 2.12 bits per heavy atom. The predicted molar refractivity (Wildman–Crippen MR) is 127 cm³/mol. The van der Waals surface area contributed by atoms with E-state index in [-0.39, 0.29) is 17.6 Å². The van der Waals surface area contributed by atoms with Crippen molar-refractivity contribution in [3.63, 3.8) is 0 Å². The first-order chi connectivity index (χ1) is 15.4. The maximum atomic E-state index is 13.3. The molecule has 1 fully saturated rings. The summed E-state index contributed by atoms with van der Waals surface area (Å²) in [6, 6.07) is 26.3. The second kappa shape index (κ2) is 9.76. The minimum atomic E-state index is -0.193. The molecule has 0 spiro atoms. The number of benzene rings is 3. The normalized spacial score (nSPS) is 20.8. The summed E-state index contributed by atoms with van der Waals surface area (Å²) in [5.41, 5.74) is 4.34. The van der Waals surface area contributed by atoms with Crippen molar-refractivity contribution in [1.82, 2.24) is 9.80 Å². The summed E-state index contributed by atoms with van der Waals surface area (Å²) in [7, 11) is 0. The molecule has 4 rings (SSSR count). The van der Waals surface area contributed by atoms with Crippen molar-refractivity contribution in [3.05, 3.63) is 107 Å². The van der Waals surface area contributed by atoms with E-state index in [2.05, 4.69) is 60.0 Å². The van der Waals surface area contributed by atoms with E-state index in [1.54, 1.807) is 6.92 Å². The van der Waals surface area contributed by atoms with Crippen LogP contribution in [-0.2, 0) is 6.54 Å². The van der Waals surface area contributed by atoms with Crippen molar-refractivity contribution >= 4 is 5.78 Å². The Kier molecular flexibility index (Phi) is 6.83. The van der Waals surface area contributed by atoms with Crippen molar-refractivity contribution in [2.75, 3.05) is 13.1 Å². The van der Waals surface area contributed by atoms with Crippen LogP contribution in [0.4, 0.5) is 4.39 Å². The SMILES string of the molecule is CC(=O)c1ccc(C(c2ccccc2)N2C[C@@H](C)N(Cc3ccc(F)cc3)C[C@@H]2C)cc1. The average molecular weight is 431 g/mol. The number of nitrogens with zero attached hydrogens (tertiary/aromatic N) is 2. The molecule has 3 aromatic rings. The largest absolute Gasteiger partial charge is 0.295 e. The molecule has 0 aliphatic carbocycles. The summed E-state index contributed by atoms with van der Waals surface area (Å²) in [6.07, 6.45) is 0. The second-order valence-corrected chi connectivity index (χ2v) is 8.94.